The summed E-state index contributed by atoms with van der Waals surface area (Å²) in [5, 5.41) is 3.61. The molecule has 0 atom stereocenters. The second-order valence-corrected chi connectivity index (χ2v) is 8.55. The Balaban J connectivity index is 1.78. The van der Waals surface area contributed by atoms with Crippen molar-refractivity contribution < 1.29 is 12.8 Å². The first-order valence-electron chi connectivity index (χ1n) is 8.57. The van der Waals surface area contributed by atoms with Crippen molar-refractivity contribution in [1.82, 2.24) is 19.9 Å². The predicted octanol–water partition coefficient (Wildman–Crippen LogP) is 3.20. The van der Waals surface area contributed by atoms with E-state index in [1.807, 2.05) is 13.0 Å². The Morgan fingerprint density at radius 2 is 2.00 bits per heavy atom. The molecule has 8 nitrogen and oxygen atoms in total. The summed E-state index contributed by atoms with van der Waals surface area (Å²) < 4.78 is 38.1. The molecule has 148 valence electrons. The minimum Gasteiger partial charge on any atom is -0.382 e. The van der Waals surface area contributed by atoms with Gasteiger partial charge in [-0.2, -0.15) is 0 Å². The summed E-state index contributed by atoms with van der Waals surface area (Å²) in [6, 6.07) is 5.90. The third-order valence-electron chi connectivity index (χ3n) is 4.47. The Labute approximate surface area is 166 Å². The lowest BCUT2D eigenvalue weighted by Crippen LogP contribution is -2.06. The van der Waals surface area contributed by atoms with Crippen LogP contribution in [0, 0.1) is 12.7 Å². The van der Waals surface area contributed by atoms with E-state index in [-0.39, 0.29) is 11.6 Å². The van der Waals surface area contributed by atoms with E-state index in [0.29, 0.717) is 17.0 Å². The smallest absolute Gasteiger partial charge is 0.227 e. The number of fused-ring (bicyclic) bond motifs is 1. The standard InChI is InChI=1S/C19H17FN6O2S/c1-10-8-24-19(25-13-4-3-5-14(15(13)20)29(2,27)28)26-16(10)12-9-23-17-11(12)6-7-22-18(17)21/h3-9,23H,1-2H3,(H2,21,22)(H,24,25,26). The van der Waals surface area contributed by atoms with Gasteiger partial charge >= 0.3 is 0 Å². The van der Waals surface area contributed by atoms with Gasteiger partial charge in [-0.3, -0.25) is 0 Å². The zero-order chi connectivity index (χ0) is 20.8. The normalized spacial score (nSPS) is 11.7. The van der Waals surface area contributed by atoms with Crippen LogP contribution in [-0.2, 0) is 9.84 Å². The minimum atomic E-state index is -3.70. The Kier molecular flexibility index (Phi) is 4.42. The van der Waals surface area contributed by atoms with Gasteiger partial charge in [0.2, 0.25) is 5.95 Å². The molecule has 0 aliphatic rings. The van der Waals surface area contributed by atoms with Gasteiger partial charge in [0.15, 0.2) is 15.7 Å². The van der Waals surface area contributed by atoms with Gasteiger partial charge in [0, 0.05) is 35.8 Å². The van der Waals surface area contributed by atoms with Crippen LogP contribution in [0.4, 0.5) is 21.8 Å². The summed E-state index contributed by atoms with van der Waals surface area (Å²) in [5.74, 6) is -0.378. The number of halogens is 1. The number of pyridine rings is 1. The molecule has 4 aromatic rings. The number of aromatic amines is 1. The number of hydrogen-bond donors (Lipinski definition) is 3. The molecule has 0 aliphatic heterocycles. The molecule has 0 saturated carbocycles. The molecule has 4 N–H and O–H groups in total. The lowest BCUT2D eigenvalue weighted by atomic mass is 10.1. The molecular weight excluding hydrogens is 395 g/mol. The van der Waals surface area contributed by atoms with Gasteiger partial charge in [-0.25, -0.2) is 27.8 Å². The van der Waals surface area contributed by atoms with Crippen LogP contribution in [0.2, 0.25) is 0 Å². The summed E-state index contributed by atoms with van der Waals surface area (Å²) >= 11 is 0. The first-order chi connectivity index (χ1) is 13.8. The Morgan fingerprint density at radius 1 is 1.21 bits per heavy atom. The number of nitrogen functional groups attached to an aromatic ring is 1. The molecule has 4 rings (SSSR count). The number of nitrogens with one attached hydrogen (secondary N) is 2. The number of H-pyrrole nitrogens is 1. The van der Waals surface area contributed by atoms with Crippen molar-refractivity contribution >= 4 is 38.2 Å². The van der Waals surface area contributed by atoms with E-state index >= 15 is 0 Å². The molecular formula is C19H17FN6O2S. The second kappa shape index (κ2) is 6.82. The number of nitrogens with two attached hydrogens (primary N) is 1. The van der Waals surface area contributed by atoms with Crippen molar-refractivity contribution in [3.8, 4) is 11.3 Å². The molecule has 0 fully saturated rings. The van der Waals surface area contributed by atoms with Gasteiger partial charge in [-0.05, 0) is 30.7 Å². The molecule has 0 unspecified atom stereocenters. The molecule has 0 amide bonds. The number of aromatic nitrogens is 4. The number of benzene rings is 1. The van der Waals surface area contributed by atoms with Gasteiger partial charge in [-0.1, -0.05) is 6.07 Å². The Hall–Kier alpha value is -3.53. The van der Waals surface area contributed by atoms with E-state index in [1.54, 1.807) is 18.6 Å². The van der Waals surface area contributed by atoms with Gasteiger partial charge in [0.25, 0.3) is 0 Å². The average Bonchev–Trinajstić information content (AvgIpc) is 3.09. The van der Waals surface area contributed by atoms with Gasteiger partial charge in [0.05, 0.1) is 16.9 Å². The maximum atomic E-state index is 14.6. The summed E-state index contributed by atoms with van der Waals surface area (Å²) in [4.78, 5) is 15.4. The Bertz CT molecular complexity index is 1350. The van der Waals surface area contributed by atoms with Crippen molar-refractivity contribution in [2.75, 3.05) is 17.3 Å². The zero-order valence-corrected chi connectivity index (χ0v) is 16.4. The predicted molar refractivity (Wildman–Crippen MR) is 109 cm³/mol. The first-order valence-corrected chi connectivity index (χ1v) is 10.5. The zero-order valence-electron chi connectivity index (χ0n) is 15.6. The number of anilines is 3. The third kappa shape index (κ3) is 3.38. The fourth-order valence-electron chi connectivity index (χ4n) is 3.06. The summed E-state index contributed by atoms with van der Waals surface area (Å²) in [6.07, 6.45) is 5.93. The van der Waals surface area contributed by atoms with Crippen LogP contribution in [0.3, 0.4) is 0 Å². The molecule has 29 heavy (non-hydrogen) atoms. The fourth-order valence-corrected chi connectivity index (χ4v) is 3.82. The van der Waals surface area contributed by atoms with E-state index in [0.717, 1.165) is 22.8 Å². The van der Waals surface area contributed by atoms with Crippen molar-refractivity contribution in [3.63, 3.8) is 0 Å². The van der Waals surface area contributed by atoms with E-state index in [4.69, 9.17) is 5.73 Å². The highest BCUT2D eigenvalue weighted by Gasteiger charge is 2.18. The molecule has 1 aromatic carbocycles. The van der Waals surface area contributed by atoms with Crippen LogP contribution in [0.15, 0.2) is 47.8 Å². The van der Waals surface area contributed by atoms with Crippen molar-refractivity contribution in [2.45, 2.75) is 11.8 Å². The molecule has 0 bridgehead atoms. The fraction of sp³-hybridized carbons (Fsp3) is 0.105. The van der Waals surface area contributed by atoms with Gasteiger partial charge in [-0.15, -0.1) is 0 Å². The van der Waals surface area contributed by atoms with Gasteiger partial charge in [0.1, 0.15) is 10.7 Å². The monoisotopic (exact) mass is 412 g/mol. The Morgan fingerprint density at radius 3 is 2.76 bits per heavy atom. The highest BCUT2D eigenvalue weighted by Crippen LogP contribution is 2.32. The van der Waals surface area contributed by atoms with Crippen molar-refractivity contribution in [1.29, 1.82) is 0 Å². The number of hydrogen-bond acceptors (Lipinski definition) is 7. The summed E-state index contributed by atoms with van der Waals surface area (Å²) in [5.41, 5.74) is 8.79. The molecule has 0 radical (unpaired) electrons. The van der Waals surface area contributed by atoms with Crippen molar-refractivity contribution in [2.24, 2.45) is 0 Å². The largest absolute Gasteiger partial charge is 0.382 e. The van der Waals surface area contributed by atoms with Crippen LogP contribution < -0.4 is 11.1 Å². The highest BCUT2D eigenvalue weighted by molar-refractivity contribution is 7.90. The third-order valence-corrected chi connectivity index (χ3v) is 5.58. The topological polar surface area (TPSA) is 127 Å². The molecule has 0 spiro atoms. The molecule has 3 heterocycles. The van der Waals surface area contributed by atoms with E-state index in [9.17, 15) is 12.8 Å². The lowest BCUT2D eigenvalue weighted by molar-refractivity contribution is 0.573. The maximum Gasteiger partial charge on any atom is 0.227 e. The molecule has 0 saturated heterocycles. The maximum absolute atomic E-state index is 14.6. The number of rotatable bonds is 4. The van der Waals surface area contributed by atoms with Crippen LogP contribution in [-0.4, -0.2) is 34.6 Å². The van der Waals surface area contributed by atoms with Crippen LogP contribution in [0.1, 0.15) is 5.56 Å². The van der Waals surface area contributed by atoms with E-state index in [1.165, 1.54) is 18.2 Å². The molecule has 0 aliphatic carbocycles. The first kappa shape index (κ1) is 18.8. The number of aryl methyl sites for hydroxylation is 1. The number of sulfone groups is 1. The summed E-state index contributed by atoms with van der Waals surface area (Å²) in [6.45, 7) is 1.85. The van der Waals surface area contributed by atoms with Gasteiger partial charge < -0.3 is 16.0 Å². The highest BCUT2D eigenvalue weighted by atomic mass is 32.2. The SMILES string of the molecule is Cc1cnc(Nc2cccc(S(C)(=O)=O)c2F)nc1-c1c[nH]c2c(N)nccc12. The van der Waals surface area contributed by atoms with E-state index in [2.05, 4.69) is 25.3 Å². The average molecular weight is 412 g/mol. The van der Waals surface area contributed by atoms with Crippen LogP contribution >= 0.6 is 0 Å². The lowest BCUT2D eigenvalue weighted by Gasteiger charge is -2.11. The van der Waals surface area contributed by atoms with Crippen LogP contribution in [0.5, 0.6) is 0 Å². The van der Waals surface area contributed by atoms with E-state index < -0.39 is 20.5 Å². The molecule has 10 heteroatoms. The van der Waals surface area contributed by atoms with Crippen LogP contribution in [0.25, 0.3) is 22.2 Å². The second-order valence-electron chi connectivity index (χ2n) is 6.56. The quantitative estimate of drug-likeness (QED) is 0.470. The summed E-state index contributed by atoms with van der Waals surface area (Å²) in [7, 11) is -3.70. The van der Waals surface area contributed by atoms with Crippen molar-refractivity contribution in [3.05, 3.63) is 54.2 Å². The number of nitrogens with zero attached hydrogens (tertiary/aromatic N) is 3. The minimum absolute atomic E-state index is 0.0323. The molecule has 3 aromatic heterocycles.